The third kappa shape index (κ3) is 3.21. The van der Waals surface area contributed by atoms with Crippen LogP contribution in [0.2, 0.25) is 0 Å². The number of amides is 3. The fourth-order valence-corrected chi connectivity index (χ4v) is 3.98. The van der Waals surface area contributed by atoms with Crippen LogP contribution in [0.4, 0.5) is 0 Å². The van der Waals surface area contributed by atoms with Gasteiger partial charge >= 0.3 is 0 Å². The molecule has 0 bridgehead atoms. The zero-order chi connectivity index (χ0) is 19.0. The Morgan fingerprint density at radius 2 is 1.59 bits per heavy atom. The summed E-state index contributed by atoms with van der Waals surface area (Å²) in [5.74, 6) is -0.484. The average Bonchev–Trinajstić information content (AvgIpc) is 2.69. The quantitative estimate of drug-likeness (QED) is 0.842. The number of benzene rings is 2. The van der Waals surface area contributed by atoms with Crippen molar-refractivity contribution in [3.63, 3.8) is 0 Å². The van der Waals surface area contributed by atoms with Crippen LogP contribution >= 0.6 is 0 Å². The molecule has 6 nitrogen and oxygen atoms in total. The van der Waals surface area contributed by atoms with Crippen molar-refractivity contribution in [1.29, 1.82) is 0 Å². The van der Waals surface area contributed by atoms with Gasteiger partial charge in [0.1, 0.15) is 0 Å². The van der Waals surface area contributed by atoms with Gasteiger partial charge in [-0.05, 0) is 36.8 Å². The summed E-state index contributed by atoms with van der Waals surface area (Å²) in [5.41, 5.74) is 6.99. The average molecular weight is 365 g/mol. The maximum atomic E-state index is 12.8. The molecule has 2 aromatic rings. The predicted octanol–water partition coefficient (Wildman–Crippen LogP) is 2.17. The zero-order valence-electron chi connectivity index (χ0n) is 15.2. The normalized spacial score (nSPS) is 17.7. The van der Waals surface area contributed by atoms with Crippen LogP contribution < -0.4 is 5.73 Å². The van der Waals surface area contributed by atoms with Gasteiger partial charge in [0.05, 0.1) is 0 Å². The Balaban J connectivity index is 1.44. The van der Waals surface area contributed by atoms with E-state index < -0.39 is 0 Å². The minimum absolute atomic E-state index is 0.0707. The van der Waals surface area contributed by atoms with Gasteiger partial charge in [0.25, 0.3) is 11.8 Å². The lowest BCUT2D eigenvalue weighted by Gasteiger charge is -2.31. The number of hydrogen-bond donors (Lipinski definition) is 1. The highest BCUT2D eigenvalue weighted by Gasteiger charge is 2.32. The molecule has 27 heavy (non-hydrogen) atoms. The van der Waals surface area contributed by atoms with Gasteiger partial charge in [-0.3, -0.25) is 19.3 Å². The Hall–Kier alpha value is -2.73. The van der Waals surface area contributed by atoms with Crippen LogP contribution in [0.3, 0.4) is 0 Å². The second-order valence-electron chi connectivity index (χ2n) is 7.29. The van der Waals surface area contributed by atoms with E-state index in [4.69, 9.17) is 5.73 Å². The Labute approximate surface area is 157 Å². The monoisotopic (exact) mass is 365 g/mol. The van der Waals surface area contributed by atoms with E-state index in [0.717, 1.165) is 23.6 Å². The number of carbonyl (C=O) groups excluding carboxylic acids is 3. The van der Waals surface area contributed by atoms with E-state index in [9.17, 15) is 14.4 Å². The lowest BCUT2D eigenvalue weighted by atomic mass is 9.94. The summed E-state index contributed by atoms with van der Waals surface area (Å²) in [6.07, 6.45) is 2.46. The molecule has 1 fully saturated rings. The van der Waals surface area contributed by atoms with Crippen molar-refractivity contribution in [3.05, 3.63) is 47.5 Å². The summed E-state index contributed by atoms with van der Waals surface area (Å²) < 4.78 is 0. The highest BCUT2D eigenvalue weighted by atomic mass is 16.2. The van der Waals surface area contributed by atoms with Crippen molar-refractivity contribution >= 4 is 28.5 Å². The molecule has 0 saturated carbocycles. The van der Waals surface area contributed by atoms with Crippen LogP contribution in [0, 0.1) is 0 Å². The first-order valence-corrected chi connectivity index (χ1v) is 9.47. The van der Waals surface area contributed by atoms with E-state index in [-0.39, 0.29) is 30.3 Å². The molecule has 0 atom stereocenters. The molecular weight excluding hydrogens is 342 g/mol. The molecule has 2 aliphatic heterocycles. The number of nitrogens with two attached hydrogens (primary N) is 1. The first-order valence-electron chi connectivity index (χ1n) is 9.47. The van der Waals surface area contributed by atoms with Crippen molar-refractivity contribution in [2.24, 2.45) is 5.73 Å². The minimum atomic E-state index is -0.277. The highest BCUT2D eigenvalue weighted by molar-refractivity contribution is 6.25. The van der Waals surface area contributed by atoms with Gasteiger partial charge in [-0.2, -0.15) is 0 Å². The van der Waals surface area contributed by atoms with E-state index in [1.807, 2.05) is 29.2 Å². The minimum Gasteiger partial charge on any atom is -0.343 e. The standard InChI is InChI=1S/C21H23N3O3/c22-15-9-12-23(13-10-15)18(25)8-3-11-24-20(26)16-6-1-4-14-5-2-7-17(19(14)16)21(24)27/h1-2,4-7,15H,3,8-13,22H2. The molecule has 0 aliphatic carbocycles. The summed E-state index contributed by atoms with van der Waals surface area (Å²) in [5, 5.41) is 1.62. The number of carbonyl (C=O) groups is 3. The van der Waals surface area contributed by atoms with E-state index >= 15 is 0 Å². The number of piperidine rings is 1. The molecule has 3 amide bonds. The SMILES string of the molecule is NC1CCN(C(=O)CCCN2C(=O)c3cccc4cccc(c34)C2=O)CC1. The number of hydrogen-bond acceptors (Lipinski definition) is 4. The Morgan fingerprint density at radius 3 is 2.19 bits per heavy atom. The van der Waals surface area contributed by atoms with Crippen LogP contribution in [0.5, 0.6) is 0 Å². The number of nitrogens with zero attached hydrogens (tertiary/aromatic N) is 2. The molecule has 1 saturated heterocycles. The fourth-order valence-electron chi connectivity index (χ4n) is 3.98. The van der Waals surface area contributed by atoms with Crippen LogP contribution in [-0.2, 0) is 4.79 Å². The predicted molar refractivity (Wildman–Crippen MR) is 102 cm³/mol. The maximum Gasteiger partial charge on any atom is 0.261 e. The molecule has 2 heterocycles. The van der Waals surface area contributed by atoms with Gasteiger partial charge in [-0.1, -0.05) is 24.3 Å². The molecule has 2 N–H and O–H groups in total. The van der Waals surface area contributed by atoms with Crippen molar-refractivity contribution in [2.45, 2.75) is 31.7 Å². The number of rotatable bonds is 4. The summed E-state index contributed by atoms with van der Waals surface area (Å²) >= 11 is 0. The van der Waals surface area contributed by atoms with Gasteiger partial charge in [-0.25, -0.2) is 0 Å². The number of imide groups is 1. The third-order valence-electron chi connectivity index (χ3n) is 5.52. The fraction of sp³-hybridized carbons (Fsp3) is 0.381. The van der Waals surface area contributed by atoms with Crippen LogP contribution in [-0.4, -0.2) is 53.2 Å². The molecule has 2 aromatic carbocycles. The number of likely N-dealkylation sites (tertiary alicyclic amines) is 1. The lowest BCUT2D eigenvalue weighted by molar-refractivity contribution is -0.132. The van der Waals surface area contributed by atoms with Crippen LogP contribution in [0.25, 0.3) is 10.8 Å². The smallest absolute Gasteiger partial charge is 0.261 e. The topological polar surface area (TPSA) is 83.7 Å². The summed E-state index contributed by atoms with van der Waals surface area (Å²) in [6, 6.07) is 11.2. The van der Waals surface area contributed by atoms with Gasteiger partial charge in [0.15, 0.2) is 0 Å². The van der Waals surface area contributed by atoms with E-state index in [1.54, 1.807) is 12.1 Å². The molecule has 0 unspecified atom stereocenters. The summed E-state index contributed by atoms with van der Waals surface area (Å²) in [6.45, 7) is 1.63. The van der Waals surface area contributed by atoms with Gasteiger partial charge in [-0.15, -0.1) is 0 Å². The summed E-state index contributed by atoms with van der Waals surface area (Å²) in [4.78, 5) is 41.1. The van der Waals surface area contributed by atoms with Crippen molar-refractivity contribution in [1.82, 2.24) is 9.80 Å². The van der Waals surface area contributed by atoms with E-state index in [0.29, 0.717) is 37.1 Å². The van der Waals surface area contributed by atoms with Gasteiger partial charge in [0.2, 0.25) is 5.91 Å². The van der Waals surface area contributed by atoms with Crippen molar-refractivity contribution in [3.8, 4) is 0 Å². The van der Waals surface area contributed by atoms with E-state index in [1.165, 1.54) is 4.90 Å². The molecule has 0 aromatic heterocycles. The molecule has 0 radical (unpaired) electrons. The molecule has 0 spiro atoms. The van der Waals surface area contributed by atoms with Gasteiger partial charge < -0.3 is 10.6 Å². The third-order valence-corrected chi connectivity index (χ3v) is 5.52. The first-order chi connectivity index (χ1) is 13.1. The Morgan fingerprint density at radius 1 is 1.00 bits per heavy atom. The second-order valence-corrected chi connectivity index (χ2v) is 7.29. The Kier molecular flexibility index (Phi) is 4.66. The van der Waals surface area contributed by atoms with E-state index in [2.05, 4.69) is 0 Å². The molecule has 4 rings (SSSR count). The van der Waals surface area contributed by atoms with Crippen molar-refractivity contribution < 1.29 is 14.4 Å². The molecular formula is C21H23N3O3. The maximum absolute atomic E-state index is 12.8. The van der Waals surface area contributed by atoms with Gasteiger partial charge in [0, 0.05) is 48.6 Å². The highest BCUT2D eigenvalue weighted by Crippen LogP contribution is 2.30. The second kappa shape index (κ2) is 7.12. The largest absolute Gasteiger partial charge is 0.343 e. The van der Waals surface area contributed by atoms with Crippen LogP contribution in [0.15, 0.2) is 36.4 Å². The zero-order valence-corrected chi connectivity index (χ0v) is 15.2. The summed E-state index contributed by atoms with van der Waals surface area (Å²) in [7, 11) is 0. The lowest BCUT2D eigenvalue weighted by Crippen LogP contribution is -2.43. The first kappa shape index (κ1) is 17.7. The molecule has 6 heteroatoms. The molecule has 2 aliphatic rings. The molecule has 140 valence electrons. The Bertz CT molecular complexity index is 865. The van der Waals surface area contributed by atoms with Crippen LogP contribution in [0.1, 0.15) is 46.4 Å². The van der Waals surface area contributed by atoms with Crippen molar-refractivity contribution in [2.75, 3.05) is 19.6 Å².